The summed E-state index contributed by atoms with van der Waals surface area (Å²) in [6.45, 7) is 4.56. The van der Waals surface area contributed by atoms with E-state index in [2.05, 4.69) is 16.8 Å². The fourth-order valence-corrected chi connectivity index (χ4v) is 2.57. The third-order valence-electron chi connectivity index (χ3n) is 3.48. The third-order valence-corrected chi connectivity index (χ3v) is 3.78. The van der Waals surface area contributed by atoms with Gasteiger partial charge in [0.05, 0.1) is 5.02 Å². The van der Waals surface area contributed by atoms with Crippen molar-refractivity contribution >= 4 is 11.6 Å². The van der Waals surface area contributed by atoms with E-state index < -0.39 is 0 Å². The molecule has 1 heterocycles. The van der Waals surface area contributed by atoms with E-state index in [-0.39, 0.29) is 5.75 Å². The summed E-state index contributed by atoms with van der Waals surface area (Å²) in [6.07, 6.45) is 0. The topological polar surface area (TPSA) is 52.7 Å². The minimum atomic E-state index is 0.133. The quantitative estimate of drug-likeness (QED) is 0.864. The van der Waals surface area contributed by atoms with Crippen molar-refractivity contribution in [1.29, 1.82) is 0 Å². The number of likely N-dealkylation sites (N-methyl/N-ethyl adjacent to an activating group) is 1. The Balaban J connectivity index is 2.05. The lowest BCUT2D eigenvalue weighted by Gasteiger charge is -2.39. The number of hydrogen-bond donors (Lipinski definition) is 2. The van der Waals surface area contributed by atoms with E-state index in [1.807, 2.05) is 12.1 Å². The van der Waals surface area contributed by atoms with Crippen molar-refractivity contribution in [2.75, 3.05) is 33.2 Å². The second-order valence-electron chi connectivity index (χ2n) is 4.91. The Morgan fingerprint density at radius 3 is 2.89 bits per heavy atom. The highest BCUT2D eigenvalue weighted by Gasteiger charge is 2.23. The first-order chi connectivity index (χ1) is 8.60. The van der Waals surface area contributed by atoms with Crippen LogP contribution in [0.2, 0.25) is 5.02 Å². The average molecular weight is 270 g/mol. The van der Waals surface area contributed by atoms with Crippen LogP contribution in [0.4, 0.5) is 0 Å². The second kappa shape index (κ2) is 5.89. The van der Waals surface area contributed by atoms with E-state index in [4.69, 9.17) is 17.3 Å². The van der Waals surface area contributed by atoms with Crippen LogP contribution in [0.25, 0.3) is 0 Å². The molecule has 4 nitrogen and oxygen atoms in total. The molecule has 0 aliphatic carbocycles. The van der Waals surface area contributed by atoms with Gasteiger partial charge in [0, 0.05) is 38.8 Å². The van der Waals surface area contributed by atoms with Gasteiger partial charge in [0.15, 0.2) is 0 Å². The predicted molar refractivity (Wildman–Crippen MR) is 73.9 cm³/mol. The molecule has 1 aromatic rings. The van der Waals surface area contributed by atoms with Gasteiger partial charge in [0.2, 0.25) is 0 Å². The Kier molecular flexibility index (Phi) is 4.45. The molecule has 1 atom stereocenters. The summed E-state index contributed by atoms with van der Waals surface area (Å²) in [5, 5.41) is 9.82. The molecule has 0 aromatic heterocycles. The fraction of sp³-hybridized carbons (Fsp3) is 0.538. The zero-order chi connectivity index (χ0) is 13.1. The summed E-state index contributed by atoms with van der Waals surface area (Å²) < 4.78 is 0. The van der Waals surface area contributed by atoms with Gasteiger partial charge in [-0.25, -0.2) is 0 Å². The fourth-order valence-electron chi connectivity index (χ4n) is 2.36. The maximum absolute atomic E-state index is 9.41. The second-order valence-corrected chi connectivity index (χ2v) is 5.32. The molecular weight excluding hydrogens is 250 g/mol. The van der Waals surface area contributed by atoms with Gasteiger partial charge in [-0.05, 0) is 24.7 Å². The lowest BCUT2D eigenvalue weighted by molar-refractivity contribution is 0.0881. The van der Waals surface area contributed by atoms with Gasteiger partial charge in [-0.2, -0.15) is 0 Å². The highest BCUT2D eigenvalue weighted by atomic mass is 35.5. The number of piperazine rings is 1. The molecule has 1 unspecified atom stereocenters. The van der Waals surface area contributed by atoms with Crippen LogP contribution in [0.15, 0.2) is 18.2 Å². The number of phenolic OH excluding ortho intramolecular Hbond substituents is 1. The Morgan fingerprint density at radius 2 is 2.22 bits per heavy atom. The first-order valence-corrected chi connectivity index (χ1v) is 6.58. The number of halogens is 1. The van der Waals surface area contributed by atoms with Crippen molar-refractivity contribution in [3.8, 4) is 5.75 Å². The Morgan fingerprint density at radius 1 is 1.44 bits per heavy atom. The summed E-state index contributed by atoms with van der Waals surface area (Å²) in [5.74, 6) is 0.133. The summed E-state index contributed by atoms with van der Waals surface area (Å²) in [4.78, 5) is 4.68. The molecule has 3 N–H and O–H groups in total. The maximum Gasteiger partial charge on any atom is 0.134 e. The molecule has 0 spiro atoms. The highest BCUT2D eigenvalue weighted by Crippen LogP contribution is 2.24. The molecule has 18 heavy (non-hydrogen) atoms. The summed E-state index contributed by atoms with van der Waals surface area (Å²) >= 11 is 5.92. The van der Waals surface area contributed by atoms with Crippen molar-refractivity contribution in [2.24, 2.45) is 5.73 Å². The summed E-state index contributed by atoms with van der Waals surface area (Å²) in [6, 6.07) is 5.76. The number of phenols is 1. The molecule has 1 saturated heterocycles. The smallest absolute Gasteiger partial charge is 0.134 e. The highest BCUT2D eigenvalue weighted by molar-refractivity contribution is 6.32. The van der Waals surface area contributed by atoms with Crippen LogP contribution in [-0.4, -0.2) is 54.2 Å². The van der Waals surface area contributed by atoms with Gasteiger partial charge in [-0.3, -0.25) is 4.90 Å². The predicted octanol–water partition coefficient (Wildman–Crippen LogP) is 1.12. The SMILES string of the molecule is CN1CCN(Cc2ccc(O)c(Cl)c2)C(CN)C1. The van der Waals surface area contributed by atoms with Gasteiger partial charge in [-0.15, -0.1) is 0 Å². The summed E-state index contributed by atoms with van der Waals surface area (Å²) in [7, 11) is 2.12. The van der Waals surface area contributed by atoms with Crippen LogP contribution in [0, 0.1) is 0 Å². The van der Waals surface area contributed by atoms with Crippen molar-refractivity contribution in [1.82, 2.24) is 9.80 Å². The van der Waals surface area contributed by atoms with Crippen LogP contribution in [0.3, 0.4) is 0 Å². The van der Waals surface area contributed by atoms with Gasteiger partial charge in [-0.1, -0.05) is 17.7 Å². The first-order valence-electron chi connectivity index (χ1n) is 6.20. The van der Waals surface area contributed by atoms with Gasteiger partial charge >= 0.3 is 0 Å². The Hall–Kier alpha value is -0.810. The maximum atomic E-state index is 9.41. The molecule has 5 heteroatoms. The molecule has 0 amide bonds. The molecule has 2 rings (SSSR count). The molecule has 1 aliphatic rings. The van der Waals surface area contributed by atoms with Crippen molar-refractivity contribution in [3.05, 3.63) is 28.8 Å². The van der Waals surface area contributed by atoms with Crippen LogP contribution >= 0.6 is 11.6 Å². The minimum Gasteiger partial charge on any atom is -0.506 e. The summed E-state index contributed by atoms with van der Waals surface area (Å²) in [5.41, 5.74) is 6.94. The molecule has 0 radical (unpaired) electrons. The Labute approximate surface area is 113 Å². The van der Waals surface area contributed by atoms with Crippen LogP contribution in [-0.2, 0) is 6.54 Å². The number of hydrogen-bond acceptors (Lipinski definition) is 4. The lowest BCUT2D eigenvalue weighted by atomic mass is 10.1. The monoisotopic (exact) mass is 269 g/mol. The number of rotatable bonds is 3. The first kappa shape index (κ1) is 13.6. The van der Waals surface area contributed by atoms with E-state index in [1.54, 1.807) is 6.07 Å². The van der Waals surface area contributed by atoms with Crippen molar-refractivity contribution < 1.29 is 5.11 Å². The third kappa shape index (κ3) is 3.14. The lowest BCUT2D eigenvalue weighted by Crippen LogP contribution is -2.54. The average Bonchev–Trinajstić information content (AvgIpc) is 2.36. The van der Waals surface area contributed by atoms with E-state index in [9.17, 15) is 5.11 Å². The number of benzene rings is 1. The van der Waals surface area contributed by atoms with E-state index >= 15 is 0 Å². The van der Waals surface area contributed by atoms with Crippen molar-refractivity contribution in [3.63, 3.8) is 0 Å². The number of nitrogens with zero attached hydrogens (tertiary/aromatic N) is 2. The molecule has 1 fully saturated rings. The molecule has 0 saturated carbocycles. The molecule has 1 aliphatic heterocycles. The van der Waals surface area contributed by atoms with E-state index in [1.165, 1.54) is 0 Å². The molecule has 0 bridgehead atoms. The zero-order valence-corrected chi connectivity index (χ0v) is 11.4. The van der Waals surface area contributed by atoms with E-state index in [0.717, 1.165) is 31.7 Å². The van der Waals surface area contributed by atoms with Crippen molar-refractivity contribution in [2.45, 2.75) is 12.6 Å². The standard InChI is InChI=1S/C13H20ClN3O/c1-16-4-5-17(11(7-15)9-16)8-10-2-3-13(18)12(14)6-10/h2-3,6,11,18H,4-5,7-9,15H2,1H3. The molecule has 1 aromatic carbocycles. The number of aromatic hydroxyl groups is 1. The normalized spacial score (nSPS) is 22.3. The van der Waals surface area contributed by atoms with Gasteiger partial charge in [0.25, 0.3) is 0 Å². The largest absolute Gasteiger partial charge is 0.506 e. The number of nitrogens with two attached hydrogens (primary N) is 1. The molecule has 100 valence electrons. The minimum absolute atomic E-state index is 0.133. The van der Waals surface area contributed by atoms with Gasteiger partial charge in [0.1, 0.15) is 5.75 Å². The Bertz CT molecular complexity index is 413. The van der Waals surface area contributed by atoms with Crippen LogP contribution in [0.1, 0.15) is 5.56 Å². The molecular formula is C13H20ClN3O. The van der Waals surface area contributed by atoms with E-state index in [0.29, 0.717) is 17.6 Å². The van der Waals surface area contributed by atoms with Gasteiger partial charge < -0.3 is 15.7 Å². The van der Waals surface area contributed by atoms with Crippen LogP contribution in [0.5, 0.6) is 5.75 Å². The zero-order valence-electron chi connectivity index (χ0n) is 10.6. The van der Waals surface area contributed by atoms with Crippen LogP contribution < -0.4 is 5.73 Å².